The van der Waals surface area contributed by atoms with Gasteiger partial charge < -0.3 is 24.2 Å². The van der Waals surface area contributed by atoms with E-state index < -0.39 is 11.9 Å². The van der Waals surface area contributed by atoms with E-state index in [1.54, 1.807) is 0 Å². The first-order valence-corrected chi connectivity index (χ1v) is 21.5. The number of ether oxygens (including phenoxy) is 3. The van der Waals surface area contributed by atoms with Gasteiger partial charge in [0, 0.05) is 25.1 Å². The highest BCUT2D eigenvalue weighted by Gasteiger charge is 2.14. The van der Waals surface area contributed by atoms with Gasteiger partial charge in [-0.25, -0.2) is 9.59 Å². The Morgan fingerprint density at radius 1 is 0.510 bits per heavy atom. The highest BCUT2D eigenvalue weighted by molar-refractivity contribution is 5.91. The Bertz CT molecular complexity index is 802. The zero-order valence-electron chi connectivity index (χ0n) is 33.6. The van der Waals surface area contributed by atoms with E-state index in [2.05, 4.69) is 25.7 Å². The molecule has 0 aliphatic heterocycles. The normalized spacial score (nSPS) is 11.6. The second-order valence-electron chi connectivity index (χ2n) is 14.5. The van der Waals surface area contributed by atoms with Gasteiger partial charge in [0.25, 0.3) is 0 Å². The number of unbranched alkanes of at least 4 members (excludes halogenated alkanes) is 20. The van der Waals surface area contributed by atoms with Gasteiger partial charge in [0.05, 0.1) is 19.8 Å². The molecule has 1 N–H and O–H groups in total. The molecule has 51 heavy (non-hydrogen) atoms. The molecule has 0 aromatic heterocycles. The lowest BCUT2D eigenvalue weighted by atomic mass is 10.0. The summed E-state index contributed by atoms with van der Waals surface area (Å²) in [6.07, 6.45) is 33.5. The molecule has 0 amide bonds. The molecule has 0 saturated heterocycles. The van der Waals surface area contributed by atoms with Crippen molar-refractivity contribution < 1.29 is 33.7 Å². The van der Waals surface area contributed by atoms with Crippen molar-refractivity contribution in [3.05, 3.63) is 12.2 Å². The van der Waals surface area contributed by atoms with Crippen molar-refractivity contribution in [2.24, 2.45) is 0 Å². The monoisotopic (exact) mass is 724 g/mol. The van der Waals surface area contributed by atoms with Gasteiger partial charge in [0.1, 0.15) is 6.10 Å². The summed E-state index contributed by atoms with van der Waals surface area (Å²) < 4.78 is 16.3. The van der Waals surface area contributed by atoms with Crippen LogP contribution in [0.4, 0.5) is 0 Å². The van der Waals surface area contributed by atoms with E-state index in [1.807, 2.05) is 0 Å². The molecule has 0 spiro atoms. The van der Waals surface area contributed by atoms with Crippen LogP contribution >= 0.6 is 0 Å². The Morgan fingerprint density at radius 2 is 0.902 bits per heavy atom. The molecule has 0 rings (SSSR count). The van der Waals surface area contributed by atoms with Crippen LogP contribution in [0.3, 0.4) is 0 Å². The van der Waals surface area contributed by atoms with Crippen molar-refractivity contribution in [3.63, 3.8) is 0 Å². The summed E-state index contributed by atoms with van der Waals surface area (Å²) >= 11 is 0. The maximum absolute atomic E-state index is 12.7. The van der Waals surface area contributed by atoms with Gasteiger partial charge in [-0.1, -0.05) is 136 Å². The van der Waals surface area contributed by atoms with Gasteiger partial charge in [-0.15, -0.1) is 0 Å². The molecule has 0 fully saturated rings. The lowest BCUT2D eigenvalue weighted by Crippen LogP contribution is -2.29. The first kappa shape index (κ1) is 49.1. The zero-order valence-corrected chi connectivity index (χ0v) is 33.6. The maximum atomic E-state index is 12.7. The van der Waals surface area contributed by atoms with Gasteiger partial charge >= 0.3 is 17.9 Å². The Kier molecular flexibility index (Phi) is 37.8. The Balaban J connectivity index is 4.03. The number of hydrogen-bond donors (Lipinski definition) is 1. The third-order valence-corrected chi connectivity index (χ3v) is 9.54. The predicted molar refractivity (Wildman–Crippen MR) is 211 cm³/mol. The van der Waals surface area contributed by atoms with Gasteiger partial charge in [0.2, 0.25) is 0 Å². The lowest BCUT2D eigenvalue weighted by Gasteiger charge is -2.21. The van der Waals surface area contributed by atoms with Crippen LogP contribution in [-0.4, -0.2) is 73.5 Å². The van der Waals surface area contributed by atoms with Crippen LogP contribution in [0.2, 0.25) is 0 Å². The molecule has 0 atom stereocenters. The summed E-state index contributed by atoms with van der Waals surface area (Å²) in [7, 11) is 0. The first-order valence-electron chi connectivity index (χ1n) is 21.5. The van der Waals surface area contributed by atoms with E-state index >= 15 is 0 Å². The number of rotatable bonds is 39. The minimum absolute atomic E-state index is 0.00789. The third-order valence-electron chi connectivity index (χ3n) is 9.54. The molecule has 8 heteroatoms. The Morgan fingerprint density at radius 3 is 1.37 bits per heavy atom. The highest BCUT2D eigenvalue weighted by Crippen LogP contribution is 2.18. The summed E-state index contributed by atoms with van der Waals surface area (Å²) in [6.45, 7) is 10.1. The van der Waals surface area contributed by atoms with Crippen LogP contribution in [0.15, 0.2) is 12.2 Å². The zero-order chi connectivity index (χ0) is 37.5. The Labute approximate surface area is 314 Å². The van der Waals surface area contributed by atoms with Crippen LogP contribution in [0, 0.1) is 0 Å². The summed E-state index contributed by atoms with van der Waals surface area (Å²) in [5, 5.41) is 9.51. The molecule has 0 aromatic rings. The molecule has 0 aromatic carbocycles. The van der Waals surface area contributed by atoms with E-state index in [0.29, 0.717) is 26.2 Å². The minimum atomic E-state index is -0.516. The number of aliphatic hydroxyl groups excluding tert-OH is 1. The Hall–Kier alpha value is -1.93. The molecule has 0 saturated carbocycles. The average Bonchev–Trinajstić information content (AvgIpc) is 3.12. The molecular weight excluding hydrogens is 642 g/mol. The molecule has 0 bridgehead atoms. The molecule has 0 radical (unpaired) electrons. The van der Waals surface area contributed by atoms with Crippen molar-refractivity contribution in [3.8, 4) is 0 Å². The molecule has 300 valence electrons. The molecular formula is C43H81NO7. The number of esters is 3. The smallest absolute Gasteiger partial charge is 0.331 e. The second kappa shape index (κ2) is 39.3. The molecule has 0 aliphatic rings. The largest absolute Gasteiger partial charge is 0.463 e. The van der Waals surface area contributed by atoms with Crippen LogP contribution < -0.4 is 0 Å². The summed E-state index contributed by atoms with van der Waals surface area (Å²) in [5.41, 5.74) is 0. The maximum Gasteiger partial charge on any atom is 0.331 e. The molecule has 0 unspecified atom stereocenters. The fraction of sp³-hybridized carbons (Fsp3) is 0.884. The second-order valence-corrected chi connectivity index (χ2v) is 14.5. The number of nitrogens with zero attached hydrogens (tertiary/aromatic N) is 1. The first-order chi connectivity index (χ1) is 25.0. The van der Waals surface area contributed by atoms with Crippen molar-refractivity contribution in [2.45, 2.75) is 207 Å². The summed E-state index contributed by atoms with van der Waals surface area (Å²) in [6, 6.07) is 0. The lowest BCUT2D eigenvalue weighted by molar-refractivity contribution is -0.150. The van der Waals surface area contributed by atoms with Crippen LogP contribution in [0.1, 0.15) is 201 Å². The van der Waals surface area contributed by atoms with Crippen LogP contribution in [-0.2, 0) is 28.6 Å². The van der Waals surface area contributed by atoms with Crippen LogP contribution in [0.25, 0.3) is 0 Å². The van der Waals surface area contributed by atoms with Gasteiger partial charge in [-0.2, -0.15) is 0 Å². The van der Waals surface area contributed by atoms with Crippen molar-refractivity contribution in [1.82, 2.24) is 4.90 Å². The van der Waals surface area contributed by atoms with E-state index in [-0.39, 0.29) is 18.7 Å². The third kappa shape index (κ3) is 36.2. The summed E-state index contributed by atoms with van der Waals surface area (Å²) in [4.78, 5) is 38.5. The van der Waals surface area contributed by atoms with E-state index in [9.17, 15) is 19.5 Å². The standard InChI is InChI=1S/C43H81NO7/c1-4-7-10-13-16-22-29-40(30-23-17-14-11-8-5-2)51-43(48)31-24-18-15-19-25-34-44(36-37-45)35-26-20-21-28-39-50-42(47)33-32-41(46)49-38-27-12-9-6-3/h32-33,40,45H,4-31,34-39H2,1-3H3/b33-32+. The van der Waals surface area contributed by atoms with E-state index in [0.717, 1.165) is 122 Å². The number of hydrogen-bond acceptors (Lipinski definition) is 8. The SMILES string of the molecule is CCCCCCCCC(CCCCCCCC)OC(=O)CCCCCCCN(CCO)CCCCCCOC(=O)/C=C/C(=O)OCCCCCC. The molecule has 8 nitrogen and oxygen atoms in total. The molecule has 0 aliphatic carbocycles. The minimum Gasteiger partial charge on any atom is -0.463 e. The fourth-order valence-electron chi connectivity index (χ4n) is 6.32. The quantitative estimate of drug-likeness (QED) is 0.0289. The van der Waals surface area contributed by atoms with E-state index in [1.165, 1.54) is 77.0 Å². The number of aliphatic hydroxyl groups is 1. The van der Waals surface area contributed by atoms with Gasteiger partial charge in [0.15, 0.2) is 0 Å². The topological polar surface area (TPSA) is 102 Å². The van der Waals surface area contributed by atoms with Crippen molar-refractivity contribution in [2.75, 3.05) is 39.5 Å². The molecule has 0 heterocycles. The number of carbonyl (C=O) groups is 3. The van der Waals surface area contributed by atoms with Gasteiger partial charge in [-0.05, 0) is 70.9 Å². The predicted octanol–water partition coefficient (Wildman–Crippen LogP) is 10.8. The van der Waals surface area contributed by atoms with Crippen molar-refractivity contribution in [1.29, 1.82) is 0 Å². The highest BCUT2D eigenvalue weighted by atomic mass is 16.5. The average molecular weight is 724 g/mol. The van der Waals surface area contributed by atoms with Crippen molar-refractivity contribution >= 4 is 17.9 Å². The fourth-order valence-corrected chi connectivity index (χ4v) is 6.32. The summed E-state index contributed by atoms with van der Waals surface area (Å²) in [5.74, 6) is -1.03. The van der Waals surface area contributed by atoms with E-state index in [4.69, 9.17) is 14.2 Å². The van der Waals surface area contributed by atoms with Crippen LogP contribution in [0.5, 0.6) is 0 Å². The van der Waals surface area contributed by atoms with Gasteiger partial charge in [-0.3, -0.25) is 4.79 Å². The number of carbonyl (C=O) groups excluding carboxylic acids is 3.